The second kappa shape index (κ2) is 5.19. The molecule has 3 heterocycles. The molecule has 7 nitrogen and oxygen atoms in total. The average Bonchev–Trinajstić information content (AvgIpc) is 3.09. The predicted octanol–water partition coefficient (Wildman–Crippen LogP) is 1.55. The van der Waals surface area contributed by atoms with Crippen LogP contribution >= 0.6 is 0 Å². The molecule has 3 aliphatic rings. The minimum atomic E-state index is -0.523. The highest BCUT2D eigenvalue weighted by molar-refractivity contribution is 5.94. The van der Waals surface area contributed by atoms with Crippen LogP contribution in [0.25, 0.3) is 11.3 Å². The first-order valence-corrected chi connectivity index (χ1v) is 8.77. The van der Waals surface area contributed by atoms with Gasteiger partial charge in [-0.3, -0.25) is 9.48 Å². The van der Waals surface area contributed by atoms with Crippen molar-refractivity contribution in [3.05, 3.63) is 28.8 Å². The van der Waals surface area contributed by atoms with Gasteiger partial charge in [0.25, 0.3) is 5.91 Å². The Bertz CT molecular complexity index is 856. The molecule has 5 rings (SSSR count). The third kappa shape index (κ3) is 2.26. The number of aromatic nitrogens is 2. The van der Waals surface area contributed by atoms with Crippen molar-refractivity contribution >= 4 is 5.91 Å². The molecule has 0 bridgehead atoms. The lowest BCUT2D eigenvalue weighted by Gasteiger charge is -2.22. The van der Waals surface area contributed by atoms with Gasteiger partial charge in [0.2, 0.25) is 0 Å². The number of primary amides is 1. The lowest BCUT2D eigenvalue weighted by atomic mass is 9.82. The fourth-order valence-electron chi connectivity index (χ4n) is 4.18. The van der Waals surface area contributed by atoms with Crippen molar-refractivity contribution in [3.63, 3.8) is 0 Å². The smallest absolute Gasteiger partial charge is 0.284 e. The van der Waals surface area contributed by atoms with E-state index < -0.39 is 5.91 Å². The van der Waals surface area contributed by atoms with Crippen LogP contribution in [-0.2, 0) is 27.9 Å². The van der Waals surface area contributed by atoms with Gasteiger partial charge in [0.05, 0.1) is 32.1 Å². The normalized spacial score (nSPS) is 23.3. The summed E-state index contributed by atoms with van der Waals surface area (Å²) < 4.78 is 19.0. The number of hydrogen-bond acceptors (Lipinski definition) is 5. The van der Waals surface area contributed by atoms with Crippen LogP contribution in [-0.4, -0.2) is 41.6 Å². The van der Waals surface area contributed by atoms with E-state index in [1.54, 1.807) is 0 Å². The Morgan fingerprint density at radius 3 is 2.96 bits per heavy atom. The Balaban J connectivity index is 1.56. The van der Waals surface area contributed by atoms with Crippen molar-refractivity contribution in [2.75, 3.05) is 19.8 Å². The second-order valence-electron chi connectivity index (χ2n) is 7.36. The number of ether oxygens (including phenoxy) is 2. The van der Waals surface area contributed by atoms with Crippen LogP contribution in [0, 0.1) is 6.92 Å². The lowest BCUT2D eigenvalue weighted by Crippen LogP contribution is -2.32. The largest absolute Gasteiger partial charge is 0.455 e. The molecule has 1 atom stereocenters. The fraction of sp³-hybridized carbons (Fsp3) is 0.556. The van der Waals surface area contributed by atoms with E-state index in [4.69, 9.17) is 24.7 Å². The van der Waals surface area contributed by atoms with Crippen LogP contribution in [0.15, 0.2) is 10.6 Å². The summed E-state index contributed by atoms with van der Waals surface area (Å²) in [5.41, 5.74) is 9.52. The molecule has 0 unspecified atom stereocenters. The van der Waals surface area contributed by atoms with Crippen molar-refractivity contribution < 1.29 is 18.7 Å². The van der Waals surface area contributed by atoms with Gasteiger partial charge in [0.15, 0.2) is 5.76 Å². The van der Waals surface area contributed by atoms with Crippen molar-refractivity contribution in [2.45, 2.75) is 44.2 Å². The van der Waals surface area contributed by atoms with E-state index in [-0.39, 0.29) is 17.3 Å². The number of hydrogen-bond donors (Lipinski definition) is 1. The molecule has 25 heavy (non-hydrogen) atoms. The molecule has 1 saturated heterocycles. The van der Waals surface area contributed by atoms with Gasteiger partial charge in [-0.15, -0.1) is 0 Å². The summed E-state index contributed by atoms with van der Waals surface area (Å²) in [6, 6.07) is 0. The Morgan fingerprint density at radius 1 is 1.44 bits per heavy atom. The molecule has 1 amide bonds. The number of furan rings is 1. The molecule has 132 valence electrons. The summed E-state index contributed by atoms with van der Waals surface area (Å²) in [6.45, 7) is 4.43. The summed E-state index contributed by atoms with van der Waals surface area (Å²) in [7, 11) is 0. The van der Waals surface area contributed by atoms with Gasteiger partial charge in [-0.1, -0.05) is 0 Å². The molecule has 1 spiro atoms. The van der Waals surface area contributed by atoms with Gasteiger partial charge in [0.1, 0.15) is 11.9 Å². The van der Waals surface area contributed by atoms with Gasteiger partial charge in [-0.25, -0.2) is 0 Å². The number of amides is 1. The van der Waals surface area contributed by atoms with E-state index >= 15 is 0 Å². The van der Waals surface area contributed by atoms with Crippen LogP contribution in [0.3, 0.4) is 0 Å². The highest BCUT2D eigenvalue weighted by Gasteiger charge is 2.52. The zero-order chi connectivity index (χ0) is 17.2. The number of rotatable bonds is 3. The van der Waals surface area contributed by atoms with Crippen LogP contribution < -0.4 is 5.73 Å². The molecule has 7 heteroatoms. The van der Waals surface area contributed by atoms with E-state index in [2.05, 4.69) is 6.20 Å². The Morgan fingerprint density at radius 2 is 2.28 bits per heavy atom. The number of nitrogens with two attached hydrogens (primary N) is 1. The zero-order valence-corrected chi connectivity index (χ0v) is 14.2. The van der Waals surface area contributed by atoms with Crippen LogP contribution in [0.4, 0.5) is 0 Å². The number of fused-ring (bicyclic) bond motifs is 4. The van der Waals surface area contributed by atoms with Crippen LogP contribution in [0.1, 0.15) is 40.3 Å². The van der Waals surface area contributed by atoms with Crippen molar-refractivity contribution in [1.82, 2.24) is 9.78 Å². The van der Waals surface area contributed by atoms with Crippen LogP contribution in [0.2, 0.25) is 0 Å². The average molecular weight is 343 g/mol. The van der Waals surface area contributed by atoms with Gasteiger partial charge >= 0.3 is 0 Å². The zero-order valence-electron chi connectivity index (χ0n) is 14.2. The Labute approximate surface area is 145 Å². The van der Waals surface area contributed by atoms with Crippen molar-refractivity contribution in [1.29, 1.82) is 0 Å². The van der Waals surface area contributed by atoms with Gasteiger partial charge in [0, 0.05) is 34.7 Å². The molecule has 1 saturated carbocycles. The molecule has 2 fully saturated rings. The predicted molar refractivity (Wildman–Crippen MR) is 88.4 cm³/mol. The fourth-order valence-corrected chi connectivity index (χ4v) is 4.18. The monoisotopic (exact) mass is 343 g/mol. The highest BCUT2D eigenvalue weighted by atomic mass is 16.6. The summed E-state index contributed by atoms with van der Waals surface area (Å²) >= 11 is 0. The van der Waals surface area contributed by atoms with E-state index in [0.29, 0.717) is 26.4 Å². The molecule has 2 aliphatic carbocycles. The minimum Gasteiger partial charge on any atom is -0.455 e. The van der Waals surface area contributed by atoms with Crippen LogP contribution in [0.5, 0.6) is 0 Å². The summed E-state index contributed by atoms with van der Waals surface area (Å²) in [4.78, 5) is 11.7. The molecule has 0 radical (unpaired) electrons. The molecule has 2 N–H and O–H groups in total. The maximum Gasteiger partial charge on any atom is 0.284 e. The highest BCUT2D eigenvalue weighted by Crippen LogP contribution is 2.58. The maximum atomic E-state index is 11.7. The SMILES string of the molecule is Cc1c(C(N)=O)oc2c1-c1nn(C[C@H]3COCCO3)cc1C1(CC1)C2. The van der Waals surface area contributed by atoms with Gasteiger partial charge in [-0.05, 0) is 19.8 Å². The topological polar surface area (TPSA) is 92.5 Å². The van der Waals surface area contributed by atoms with Gasteiger partial charge in [-0.2, -0.15) is 5.10 Å². The first kappa shape index (κ1) is 15.2. The van der Waals surface area contributed by atoms with Gasteiger partial charge < -0.3 is 19.6 Å². The molecule has 0 aromatic carbocycles. The Hall–Kier alpha value is -2.12. The standard InChI is InChI=1S/C18H21N3O4/c1-10-14-13(25-16(10)17(19)22)6-18(2-3-18)12-8-21(20-15(12)14)7-11-9-23-4-5-24-11/h8,11H,2-7,9H2,1H3,(H2,19,22)/t11-/m0/s1. The first-order chi connectivity index (χ1) is 12.1. The van der Waals surface area contributed by atoms with Crippen molar-refractivity contribution in [3.8, 4) is 11.3 Å². The maximum absolute atomic E-state index is 11.7. The second-order valence-corrected chi connectivity index (χ2v) is 7.36. The Kier molecular flexibility index (Phi) is 3.15. The van der Waals surface area contributed by atoms with Crippen molar-refractivity contribution in [2.24, 2.45) is 5.73 Å². The number of carbonyl (C=O) groups excluding carboxylic acids is 1. The minimum absolute atomic E-state index is 0.0244. The molecule has 2 aromatic rings. The number of carbonyl (C=O) groups is 1. The van der Waals surface area contributed by atoms with E-state index in [9.17, 15) is 4.79 Å². The van der Waals surface area contributed by atoms with E-state index in [1.807, 2.05) is 11.6 Å². The van der Waals surface area contributed by atoms with E-state index in [1.165, 1.54) is 5.56 Å². The van der Waals surface area contributed by atoms with E-state index in [0.717, 1.165) is 41.8 Å². The summed E-state index contributed by atoms with van der Waals surface area (Å²) in [5.74, 6) is 0.580. The lowest BCUT2D eigenvalue weighted by molar-refractivity contribution is -0.0946. The number of nitrogens with zero attached hydrogens (tertiary/aromatic N) is 2. The third-order valence-electron chi connectivity index (χ3n) is 5.64. The third-order valence-corrected chi connectivity index (χ3v) is 5.64. The molecular weight excluding hydrogens is 322 g/mol. The molecule has 1 aliphatic heterocycles. The molecular formula is C18H21N3O4. The first-order valence-electron chi connectivity index (χ1n) is 8.77. The quantitative estimate of drug-likeness (QED) is 0.913. The summed E-state index contributed by atoms with van der Waals surface area (Å²) in [5, 5.41) is 4.82. The molecule has 2 aromatic heterocycles. The summed E-state index contributed by atoms with van der Waals surface area (Å²) in [6.07, 6.45) is 5.23.